The van der Waals surface area contributed by atoms with Crippen molar-refractivity contribution >= 4 is 23.0 Å². The SMILES string of the molecule is C.CC1=C(C)[n+]2ccccc2C1=Cc1ccc(N(C)C)cc1. The number of benzene rings is 1. The molecule has 0 unspecified atom stereocenters. The molecule has 2 aromatic rings. The first-order chi connectivity index (χ1) is 10.1. The molecule has 1 aromatic heterocycles. The molecule has 0 saturated carbocycles. The van der Waals surface area contributed by atoms with Crippen molar-refractivity contribution in [1.82, 2.24) is 0 Å². The zero-order chi connectivity index (χ0) is 15.0. The van der Waals surface area contributed by atoms with E-state index in [4.69, 9.17) is 0 Å². The summed E-state index contributed by atoms with van der Waals surface area (Å²) in [5.74, 6) is 0. The van der Waals surface area contributed by atoms with Crippen LogP contribution in [0.5, 0.6) is 0 Å². The number of hydrogen-bond donors (Lipinski definition) is 0. The molecule has 0 fully saturated rings. The second-order valence-electron chi connectivity index (χ2n) is 5.71. The van der Waals surface area contributed by atoms with Crippen molar-refractivity contribution in [3.05, 3.63) is 65.5 Å². The number of fused-ring (bicyclic) bond motifs is 1. The number of rotatable bonds is 2. The highest BCUT2D eigenvalue weighted by Gasteiger charge is 2.28. The third-order valence-electron chi connectivity index (χ3n) is 4.16. The molecule has 0 radical (unpaired) electrons. The highest BCUT2D eigenvalue weighted by molar-refractivity contribution is 5.93. The van der Waals surface area contributed by atoms with E-state index in [0.29, 0.717) is 0 Å². The Hall–Kier alpha value is -2.35. The van der Waals surface area contributed by atoms with Crippen LogP contribution in [0.3, 0.4) is 0 Å². The van der Waals surface area contributed by atoms with Gasteiger partial charge in [0.2, 0.25) is 5.69 Å². The fourth-order valence-corrected chi connectivity index (χ4v) is 2.74. The number of aromatic nitrogens is 1. The van der Waals surface area contributed by atoms with Crippen molar-refractivity contribution < 1.29 is 4.57 Å². The Labute approximate surface area is 134 Å². The maximum atomic E-state index is 2.27. The van der Waals surface area contributed by atoms with Crippen molar-refractivity contribution in [2.45, 2.75) is 21.3 Å². The molecule has 0 spiro atoms. The molecular formula is C20H25N2+. The predicted octanol–water partition coefficient (Wildman–Crippen LogP) is 4.48. The van der Waals surface area contributed by atoms with Gasteiger partial charge in [0.25, 0.3) is 0 Å². The topological polar surface area (TPSA) is 7.12 Å². The van der Waals surface area contributed by atoms with E-state index in [0.717, 1.165) is 0 Å². The summed E-state index contributed by atoms with van der Waals surface area (Å²) in [4.78, 5) is 2.12. The monoisotopic (exact) mass is 293 g/mol. The van der Waals surface area contributed by atoms with E-state index in [1.807, 2.05) is 0 Å². The Balaban J connectivity index is 0.00000176. The summed E-state index contributed by atoms with van der Waals surface area (Å²) >= 11 is 0. The number of anilines is 1. The van der Waals surface area contributed by atoms with E-state index in [1.165, 1.54) is 33.8 Å². The van der Waals surface area contributed by atoms with Crippen molar-refractivity contribution in [3.8, 4) is 0 Å². The molecule has 1 aliphatic heterocycles. The van der Waals surface area contributed by atoms with Gasteiger partial charge in [-0.05, 0) is 36.8 Å². The third kappa shape index (κ3) is 2.69. The fourth-order valence-electron chi connectivity index (χ4n) is 2.74. The first-order valence-corrected chi connectivity index (χ1v) is 7.26. The molecule has 2 nitrogen and oxygen atoms in total. The first-order valence-electron chi connectivity index (χ1n) is 7.26. The zero-order valence-electron chi connectivity index (χ0n) is 13.1. The van der Waals surface area contributed by atoms with E-state index in [2.05, 4.69) is 92.1 Å². The number of pyridine rings is 1. The van der Waals surface area contributed by atoms with Crippen LogP contribution in [0.25, 0.3) is 17.3 Å². The number of hydrogen-bond acceptors (Lipinski definition) is 1. The van der Waals surface area contributed by atoms with Crippen molar-refractivity contribution in [3.63, 3.8) is 0 Å². The van der Waals surface area contributed by atoms with Gasteiger partial charge in [-0.1, -0.05) is 19.6 Å². The second-order valence-corrected chi connectivity index (χ2v) is 5.71. The number of nitrogens with zero attached hydrogens (tertiary/aromatic N) is 2. The van der Waals surface area contributed by atoms with Crippen LogP contribution in [-0.2, 0) is 0 Å². The maximum Gasteiger partial charge on any atom is 0.218 e. The Morgan fingerprint density at radius 2 is 1.64 bits per heavy atom. The van der Waals surface area contributed by atoms with Gasteiger partial charge in [-0.25, -0.2) is 0 Å². The summed E-state index contributed by atoms with van der Waals surface area (Å²) in [6, 6.07) is 15.0. The smallest absolute Gasteiger partial charge is 0.218 e. The normalized spacial score (nSPS) is 14.8. The summed E-state index contributed by atoms with van der Waals surface area (Å²) < 4.78 is 2.26. The van der Waals surface area contributed by atoms with Crippen LogP contribution < -0.4 is 9.47 Å². The van der Waals surface area contributed by atoms with E-state index in [-0.39, 0.29) is 7.43 Å². The molecule has 0 aliphatic carbocycles. The Morgan fingerprint density at radius 1 is 0.955 bits per heavy atom. The van der Waals surface area contributed by atoms with Gasteiger partial charge in [0, 0.05) is 44.4 Å². The van der Waals surface area contributed by atoms with Crippen molar-refractivity contribution in [1.29, 1.82) is 0 Å². The molecule has 0 bridgehead atoms. The highest BCUT2D eigenvalue weighted by Crippen LogP contribution is 2.31. The largest absolute Gasteiger partial charge is 0.378 e. The fraction of sp³-hybridized carbons (Fsp3) is 0.250. The molecule has 2 heteroatoms. The minimum absolute atomic E-state index is 0. The summed E-state index contributed by atoms with van der Waals surface area (Å²) in [5, 5.41) is 0. The van der Waals surface area contributed by atoms with E-state index >= 15 is 0 Å². The van der Waals surface area contributed by atoms with Crippen LogP contribution in [0, 0.1) is 0 Å². The minimum Gasteiger partial charge on any atom is -0.378 e. The lowest BCUT2D eigenvalue weighted by atomic mass is 10.0. The molecule has 1 aliphatic rings. The average Bonchev–Trinajstić information content (AvgIpc) is 2.73. The van der Waals surface area contributed by atoms with E-state index in [9.17, 15) is 0 Å². The van der Waals surface area contributed by atoms with Crippen LogP contribution in [0.1, 0.15) is 32.5 Å². The van der Waals surface area contributed by atoms with Crippen LogP contribution in [0.15, 0.2) is 54.2 Å². The second kappa shape index (κ2) is 6.18. The molecular weight excluding hydrogens is 268 g/mol. The summed E-state index contributed by atoms with van der Waals surface area (Å²) in [7, 11) is 4.13. The van der Waals surface area contributed by atoms with Gasteiger partial charge >= 0.3 is 0 Å². The molecule has 114 valence electrons. The molecule has 2 heterocycles. The van der Waals surface area contributed by atoms with Gasteiger partial charge in [-0.3, -0.25) is 0 Å². The lowest BCUT2D eigenvalue weighted by molar-refractivity contribution is -0.581. The number of allylic oxidation sites excluding steroid dienone is 3. The molecule has 22 heavy (non-hydrogen) atoms. The summed E-state index contributed by atoms with van der Waals surface area (Å²) in [6.45, 7) is 4.37. The van der Waals surface area contributed by atoms with Gasteiger partial charge in [0.05, 0.1) is 5.57 Å². The highest BCUT2D eigenvalue weighted by atomic mass is 15.1. The lowest BCUT2D eigenvalue weighted by Gasteiger charge is -2.11. The lowest BCUT2D eigenvalue weighted by Crippen LogP contribution is -2.31. The van der Waals surface area contributed by atoms with Gasteiger partial charge in [0.1, 0.15) is 0 Å². The molecule has 0 amide bonds. The Morgan fingerprint density at radius 3 is 2.27 bits per heavy atom. The van der Waals surface area contributed by atoms with E-state index < -0.39 is 0 Å². The average molecular weight is 293 g/mol. The zero-order valence-corrected chi connectivity index (χ0v) is 13.1. The Bertz CT molecular complexity index is 735. The van der Waals surface area contributed by atoms with E-state index in [1.54, 1.807) is 0 Å². The van der Waals surface area contributed by atoms with Crippen LogP contribution in [0.2, 0.25) is 0 Å². The van der Waals surface area contributed by atoms with Gasteiger partial charge in [0.15, 0.2) is 11.9 Å². The molecule has 3 rings (SSSR count). The van der Waals surface area contributed by atoms with Gasteiger partial charge in [-0.2, -0.15) is 4.57 Å². The maximum absolute atomic E-state index is 2.27. The third-order valence-corrected chi connectivity index (χ3v) is 4.16. The van der Waals surface area contributed by atoms with Crippen LogP contribution >= 0.6 is 0 Å². The minimum atomic E-state index is 0. The van der Waals surface area contributed by atoms with Crippen LogP contribution in [-0.4, -0.2) is 14.1 Å². The molecule has 1 aromatic carbocycles. The molecule has 0 saturated heterocycles. The predicted molar refractivity (Wildman–Crippen MR) is 96.6 cm³/mol. The van der Waals surface area contributed by atoms with Crippen molar-refractivity contribution in [2.75, 3.05) is 19.0 Å². The molecule has 0 N–H and O–H groups in total. The standard InChI is InChI=1S/C19H21N2.CH4/c1-14-15(2)21-12-6-5-7-19(21)18(14)13-16-8-10-17(11-9-16)20(3)4;/h5-13H,1-4H3;1H4/q+1;. The Kier molecular flexibility index (Phi) is 4.51. The summed E-state index contributed by atoms with van der Waals surface area (Å²) in [5.41, 5.74) is 7.69. The van der Waals surface area contributed by atoms with Crippen molar-refractivity contribution in [2.24, 2.45) is 0 Å². The first kappa shape index (κ1) is 16.0. The molecule has 0 atom stereocenters. The van der Waals surface area contributed by atoms with Gasteiger partial charge in [-0.15, -0.1) is 0 Å². The summed E-state index contributed by atoms with van der Waals surface area (Å²) in [6.07, 6.45) is 4.40. The van der Waals surface area contributed by atoms with Gasteiger partial charge < -0.3 is 4.90 Å². The van der Waals surface area contributed by atoms with Crippen LogP contribution in [0.4, 0.5) is 5.69 Å². The quantitative estimate of drug-likeness (QED) is 0.740.